The SMILES string of the molecule is Cc1nonc1CC(=O)N1CCN(c2cccc(Cl)c2C)CC1. The van der Waals surface area contributed by atoms with Gasteiger partial charge < -0.3 is 9.80 Å². The van der Waals surface area contributed by atoms with Gasteiger partial charge in [0.05, 0.1) is 6.42 Å². The van der Waals surface area contributed by atoms with E-state index < -0.39 is 0 Å². The number of rotatable bonds is 3. The monoisotopic (exact) mass is 334 g/mol. The number of nitrogens with zero attached hydrogens (tertiary/aromatic N) is 4. The van der Waals surface area contributed by atoms with Crippen molar-refractivity contribution in [2.45, 2.75) is 20.3 Å². The van der Waals surface area contributed by atoms with Gasteiger partial charge >= 0.3 is 0 Å². The van der Waals surface area contributed by atoms with E-state index in [1.165, 1.54) is 0 Å². The first-order valence-corrected chi connectivity index (χ1v) is 8.00. The first kappa shape index (κ1) is 15.8. The van der Waals surface area contributed by atoms with Crippen molar-refractivity contribution >= 4 is 23.2 Å². The van der Waals surface area contributed by atoms with Gasteiger partial charge in [-0.25, -0.2) is 4.63 Å². The molecule has 0 radical (unpaired) electrons. The molecule has 122 valence electrons. The van der Waals surface area contributed by atoms with Crippen LogP contribution < -0.4 is 4.90 Å². The molecule has 6 nitrogen and oxygen atoms in total. The van der Waals surface area contributed by atoms with Crippen LogP contribution in [0.25, 0.3) is 0 Å². The Bertz CT molecular complexity index is 708. The molecule has 1 fully saturated rings. The third kappa shape index (κ3) is 3.32. The third-order valence-electron chi connectivity index (χ3n) is 4.28. The second-order valence-electron chi connectivity index (χ2n) is 5.72. The van der Waals surface area contributed by atoms with Crippen LogP contribution in [0.5, 0.6) is 0 Å². The molecule has 2 heterocycles. The van der Waals surface area contributed by atoms with Crippen molar-refractivity contribution in [3.8, 4) is 0 Å². The van der Waals surface area contributed by atoms with Crippen molar-refractivity contribution in [3.63, 3.8) is 0 Å². The van der Waals surface area contributed by atoms with Gasteiger partial charge in [0.25, 0.3) is 0 Å². The maximum atomic E-state index is 12.4. The van der Waals surface area contributed by atoms with Crippen molar-refractivity contribution in [2.24, 2.45) is 0 Å². The number of hydrogen-bond donors (Lipinski definition) is 0. The lowest BCUT2D eigenvalue weighted by Crippen LogP contribution is -2.49. The molecule has 0 unspecified atom stereocenters. The number of anilines is 1. The maximum absolute atomic E-state index is 12.4. The van der Waals surface area contributed by atoms with Gasteiger partial charge in [-0.3, -0.25) is 4.79 Å². The molecular formula is C16H19ClN4O2. The normalized spacial score (nSPS) is 15.1. The highest BCUT2D eigenvalue weighted by molar-refractivity contribution is 6.31. The number of halogens is 1. The first-order chi connectivity index (χ1) is 11.1. The number of aryl methyl sites for hydroxylation is 1. The minimum Gasteiger partial charge on any atom is -0.368 e. The molecule has 1 aliphatic rings. The van der Waals surface area contributed by atoms with Crippen LogP contribution in [0.4, 0.5) is 5.69 Å². The van der Waals surface area contributed by atoms with Gasteiger partial charge in [-0.1, -0.05) is 28.0 Å². The highest BCUT2D eigenvalue weighted by Crippen LogP contribution is 2.27. The summed E-state index contributed by atoms with van der Waals surface area (Å²) < 4.78 is 4.64. The van der Waals surface area contributed by atoms with Gasteiger partial charge in [0.15, 0.2) is 0 Å². The highest BCUT2D eigenvalue weighted by atomic mass is 35.5. The lowest BCUT2D eigenvalue weighted by molar-refractivity contribution is -0.130. The molecular weight excluding hydrogens is 316 g/mol. The third-order valence-corrected chi connectivity index (χ3v) is 4.69. The fourth-order valence-corrected chi connectivity index (χ4v) is 2.97. The molecule has 2 aromatic rings. The van der Waals surface area contributed by atoms with E-state index >= 15 is 0 Å². The smallest absolute Gasteiger partial charge is 0.228 e. The summed E-state index contributed by atoms with van der Waals surface area (Å²) in [6, 6.07) is 5.93. The Morgan fingerprint density at radius 3 is 2.61 bits per heavy atom. The summed E-state index contributed by atoms with van der Waals surface area (Å²) in [5.41, 5.74) is 3.51. The molecule has 0 bridgehead atoms. The lowest BCUT2D eigenvalue weighted by Gasteiger charge is -2.37. The fourth-order valence-electron chi connectivity index (χ4n) is 2.80. The summed E-state index contributed by atoms with van der Waals surface area (Å²) in [4.78, 5) is 16.5. The van der Waals surface area contributed by atoms with E-state index in [-0.39, 0.29) is 12.3 Å². The van der Waals surface area contributed by atoms with E-state index in [4.69, 9.17) is 11.6 Å². The van der Waals surface area contributed by atoms with Gasteiger partial charge in [0, 0.05) is 36.9 Å². The number of piperazine rings is 1. The molecule has 1 aliphatic heterocycles. The average molecular weight is 335 g/mol. The topological polar surface area (TPSA) is 62.5 Å². The summed E-state index contributed by atoms with van der Waals surface area (Å²) in [6.07, 6.45) is 0.242. The Morgan fingerprint density at radius 1 is 1.22 bits per heavy atom. The largest absolute Gasteiger partial charge is 0.368 e. The first-order valence-electron chi connectivity index (χ1n) is 7.62. The van der Waals surface area contributed by atoms with Gasteiger partial charge in [0.2, 0.25) is 5.91 Å². The van der Waals surface area contributed by atoms with Crippen molar-refractivity contribution < 1.29 is 9.42 Å². The molecule has 0 N–H and O–H groups in total. The minimum absolute atomic E-state index is 0.0614. The minimum atomic E-state index is 0.0614. The molecule has 0 atom stereocenters. The second kappa shape index (κ2) is 6.58. The van der Waals surface area contributed by atoms with Crippen molar-refractivity contribution in [1.82, 2.24) is 15.2 Å². The average Bonchev–Trinajstić information content (AvgIpc) is 2.95. The van der Waals surface area contributed by atoms with E-state index in [1.807, 2.05) is 24.0 Å². The number of amides is 1. The Balaban J connectivity index is 1.61. The van der Waals surface area contributed by atoms with Gasteiger partial charge in [-0.2, -0.15) is 0 Å². The number of carbonyl (C=O) groups excluding carboxylic acids is 1. The Hall–Kier alpha value is -2.08. The molecule has 0 spiro atoms. The van der Waals surface area contributed by atoms with E-state index in [0.29, 0.717) is 24.5 Å². The molecule has 1 saturated heterocycles. The zero-order chi connectivity index (χ0) is 16.4. The quantitative estimate of drug-likeness (QED) is 0.861. The van der Waals surface area contributed by atoms with Crippen molar-refractivity contribution in [3.05, 3.63) is 40.2 Å². The number of benzene rings is 1. The molecule has 7 heteroatoms. The molecule has 0 saturated carbocycles. The van der Waals surface area contributed by atoms with Crippen LogP contribution in [0, 0.1) is 13.8 Å². The molecule has 1 aromatic heterocycles. The van der Waals surface area contributed by atoms with Crippen molar-refractivity contribution in [2.75, 3.05) is 31.1 Å². The summed E-state index contributed by atoms with van der Waals surface area (Å²) in [5.74, 6) is 0.0614. The summed E-state index contributed by atoms with van der Waals surface area (Å²) in [5, 5.41) is 8.26. The van der Waals surface area contributed by atoms with Gasteiger partial charge in [-0.15, -0.1) is 0 Å². The Labute approximate surface area is 140 Å². The number of aromatic nitrogens is 2. The van der Waals surface area contributed by atoms with Crippen LogP contribution in [0.1, 0.15) is 17.0 Å². The zero-order valence-corrected chi connectivity index (χ0v) is 14.0. The lowest BCUT2D eigenvalue weighted by atomic mass is 10.1. The van der Waals surface area contributed by atoms with E-state index in [0.717, 1.165) is 29.4 Å². The molecule has 1 amide bonds. The predicted molar refractivity (Wildman–Crippen MR) is 87.7 cm³/mol. The maximum Gasteiger partial charge on any atom is 0.228 e. The van der Waals surface area contributed by atoms with Crippen LogP contribution in [0.2, 0.25) is 5.02 Å². The molecule has 1 aromatic carbocycles. The molecule has 0 aliphatic carbocycles. The Kier molecular flexibility index (Phi) is 4.52. The van der Waals surface area contributed by atoms with Gasteiger partial charge in [-0.05, 0) is 31.5 Å². The number of carbonyl (C=O) groups is 1. The standard InChI is InChI=1S/C16H19ClN4O2/c1-11-13(17)4-3-5-15(11)20-6-8-21(9-7-20)16(22)10-14-12(2)18-23-19-14/h3-5H,6-10H2,1-2H3. The van der Waals surface area contributed by atoms with E-state index in [1.54, 1.807) is 6.92 Å². The van der Waals surface area contributed by atoms with Crippen LogP contribution in [0.3, 0.4) is 0 Å². The van der Waals surface area contributed by atoms with Crippen LogP contribution in [-0.4, -0.2) is 47.3 Å². The van der Waals surface area contributed by atoms with Crippen LogP contribution >= 0.6 is 11.6 Å². The number of hydrogen-bond acceptors (Lipinski definition) is 5. The summed E-state index contributed by atoms with van der Waals surface area (Å²) >= 11 is 6.19. The van der Waals surface area contributed by atoms with Crippen LogP contribution in [-0.2, 0) is 11.2 Å². The Morgan fingerprint density at radius 2 is 1.96 bits per heavy atom. The fraction of sp³-hybridized carbons (Fsp3) is 0.438. The predicted octanol–water partition coefficient (Wildman–Crippen LogP) is 2.23. The summed E-state index contributed by atoms with van der Waals surface area (Å²) in [7, 11) is 0. The summed E-state index contributed by atoms with van der Waals surface area (Å²) in [6.45, 7) is 6.78. The second-order valence-corrected chi connectivity index (χ2v) is 6.13. The van der Waals surface area contributed by atoms with E-state index in [2.05, 4.69) is 25.9 Å². The van der Waals surface area contributed by atoms with Crippen LogP contribution in [0.15, 0.2) is 22.8 Å². The molecule has 23 heavy (non-hydrogen) atoms. The van der Waals surface area contributed by atoms with Crippen molar-refractivity contribution in [1.29, 1.82) is 0 Å². The zero-order valence-electron chi connectivity index (χ0n) is 13.3. The highest BCUT2D eigenvalue weighted by Gasteiger charge is 2.23. The van der Waals surface area contributed by atoms with Gasteiger partial charge in [0.1, 0.15) is 11.4 Å². The van der Waals surface area contributed by atoms with E-state index in [9.17, 15) is 4.79 Å². The molecule has 3 rings (SSSR count).